The van der Waals surface area contributed by atoms with Gasteiger partial charge in [0, 0.05) is 44.4 Å². The third kappa shape index (κ3) is 33.6. The van der Waals surface area contributed by atoms with Crippen LogP contribution >= 0.6 is 62.7 Å². The highest BCUT2D eigenvalue weighted by atomic mass is 32.0. The number of nitro benzene ring substituents is 2. The molecule has 17 nitrogen and oxygen atoms in total. The summed E-state index contributed by atoms with van der Waals surface area (Å²) in [5, 5.41) is 27.0. The SMILES string of the molecule is CCCCN(C)C.COc1cc(F)c([N+](=O)[O-])cc1NC(=O)OC(C)(C)C.COc1cc(N(C)CCN(C)C)c([N+](=O)[O-])cc1NC(=O)OC(C)(C)C.PB(P)P.PPB(P)P. The second-order valence-electron chi connectivity index (χ2n) is 15.5. The predicted octanol–water partition coefficient (Wildman–Crippen LogP) is 9.17. The molecule has 7 atom stereocenters. The summed E-state index contributed by atoms with van der Waals surface area (Å²) >= 11 is 0. The van der Waals surface area contributed by atoms with Gasteiger partial charge < -0.3 is 33.6 Å². The van der Waals surface area contributed by atoms with Crippen LogP contribution in [0.5, 0.6) is 11.5 Å². The zero-order valence-electron chi connectivity index (χ0n) is 38.7. The maximum absolute atomic E-state index is 13.4. The van der Waals surface area contributed by atoms with Crippen molar-refractivity contribution in [2.45, 2.75) is 72.5 Å². The number of anilines is 3. The Morgan fingerprint density at radius 2 is 1.11 bits per heavy atom. The lowest BCUT2D eigenvalue weighted by atomic mass is 10.2. The van der Waals surface area contributed by atoms with E-state index in [2.05, 4.69) is 91.1 Å². The van der Waals surface area contributed by atoms with Gasteiger partial charge in [0.1, 0.15) is 28.4 Å². The number of carbonyl (C=O) groups is 2. The van der Waals surface area contributed by atoms with Crippen LogP contribution in [0.25, 0.3) is 0 Å². The van der Waals surface area contributed by atoms with Crippen LogP contribution in [0.1, 0.15) is 61.3 Å². The standard InChI is InChI=1S/C17H28N4O5.C12H15FN2O5.C6H15N.BH7P4.BH6P3/c1-17(2,3)26-16(22)18-12-10-14(21(23)24)13(11-15(12)25-7)20(6)9-8-19(4)5;1-12(2,3)20-11(16)14-8-6-9(15(17)18)7(13)5-10(8)19-4;1-4-5-6-7(2)3;2-1(3)5-4;2-1(3)4/h10-11H,8-9H2,1-7H3,(H,18,22);5-6H,1-4H3,(H,14,16);4-6H2,1-3H3;5H,2-4H2;2-4H2. The maximum Gasteiger partial charge on any atom is 0.412 e. The van der Waals surface area contributed by atoms with Crippen molar-refractivity contribution in [3.8, 4) is 11.5 Å². The first-order valence-electron chi connectivity index (χ1n) is 19.0. The molecule has 62 heavy (non-hydrogen) atoms. The summed E-state index contributed by atoms with van der Waals surface area (Å²) in [7, 11) is 29.3. The van der Waals surface area contributed by atoms with Gasteiger partial charge in [-0.05, 0) is 82.7 Å². The number of carbonyl (C=O) groups excluding carboxylic acids is 2. The summed E-state index contributed by atoms with van der Waals surface area (Å²) in [6.07, 6.45) is 1.10. The number of nitrogens with one attached hydrogen (secondary N) is 2. The van der Waals surface area contributed by atoms with E-state index in [0.717, 1.165) is 26.8 Å². The van der Waals surface area contributed by atoms with Crippen molar-refractivity contribution in [2.75, 3.05) is 84.6 Å². The van der Waals surface area contributed by atoms with Crippen molar-refractivity contribution < 1.29 is 42.8 Å². The molecule has 0 heterocycles. The lowest BCUT2D eigenvalue weighted by Crippen LogP contribution is -2.29. The largest absolute Gasteiger partial charge is 0.494 e. The van der Waals surface area contributed by atoms with E-state index in [-0.39, 0.29) is 22.8 Å². The van der Waals surface area contributed by atoms with Crippen molar-refractivity contribution >= 4 is 115 Å². The zero-order chi connectivity index (χ0) is 49.1. The Labute approximate surface area is 385 Å². The molecule has 0 bridgehead atoms. The molecule has 0 spiro atoms. The van der Waals surface area contributed by atoms with Crippen molar-refractivity contribution in [1.29, 1.82) is 0 Å². The van der Waals surface area contributed by atoms with Crippen molar-refractivity contribution in [2.24, 2.45) is 0 Å². The second kappa shape index (κ2) is 33.6. The minimum Gasteiger partial charge on any atom is -0.494 e. The van der Waals surface area contributed by atoms with E-state index in [0.29, 0.717) is 29.7 Å². The van der Waals surface area contributed by atoms with Crippen LogP contribution in [0.15, 0.2) is 24.3 Å². The lowest BCUT2D eigenvalue weighted by Gasteiger charge is -2.23. The Balaban J connectivity index is -0.000000843. The maximum atomic E-state index is 13.4. The van der Waals surface area contributed by atoms with E-state index in [1.807, 2.05) is 19.0 Å². The fraction of sp³-hybridized carbons (Fsp3) is 0.600. The molecule has 0 aliphatic carbocycles. The highest BCUT2D eigenvalue weighted by molar-refractivity contribution is 8.39. The molecule has 0 aliphatic heterocycles. The minimum atomic E-state index is -1.05. The molecule has 0 fully saturated rings. The van der Waals surface area contributed by atoms with Crippen LogP contribution in [0.4, 0.5) is 42.4 Å². The molecule has 2 rings (SSSR count). The van der Waals surface area contributed by atoms with Crippen LogP contribution in [0, 0.1) is 26.0 Å². The highest BCUT2D eigenvalue weighted by Gasteiger charge is 2.25. The van der Waals surface area contributed by atoms with Crippen molar-refractivity contribution in [1.82, 2.24) is 9.80 Å². The third-order valence-electron chi connectivity index (χ3n) is 6.68. The van der Waals surface area contributed by atoms with Crippen LogP contribution in [-0.2, 0) is 9.47 Å². The van der Waals surface area contributed by atoms with Gasteiger partial charge in [0.05, 0.1) is 35.4 Å². The van der Waals surface area contributed by atoms with Crippen LogP contribution in [0.2, 0.25) is 0 Å². The van der Waals surface area contributed by atoms with Gasteiger partial charge in [-0.2, -0.15) is 50.0 Å². The summed E-state index contributed by atoms with van der Waals surface area (Å²) in [6, 6.07) is 4.52. The average molecular weight is 1010 g/mol. The van der Waals surface area contributed by atoms with Crippen LogP contribution < -0.4 is 25.0 Å². The van der Waals surface area contributed by atoms with Crippen molar-refractivity contribution in [3.05, 3.63) is 50.3 Å². The molecule has 2 aromatic carbocycles. The van der Waals surface area contributed by atoms with E-state index in [9.17, 15) is 34.2 Å². The van der Waals surface area contributed by atoms with E-state index in [4.69, 9.17) is 18.9 Å². The van der Waals surface area contributed by atoms with Gasteiger partial charge in [0.2, 0.25) is 17.6 Å². The summed E-state index contributed by atoms with van der Waals surface area (Å²) in [5.41, 5.74) is -1.77. The van der Waals surface area contributed by atoms with Gasteiger partial charge in [-0.15, -0.1) is 17.1 Å². The summed E-state index contributed by atoms with van der Waals surface area (Å²) in [4.78, 5) is 50.4. The number of hydrogen-bond acceptors (Lipinski definition) is 13. The highest BCUT2D eigenvalue weighted by Crippen LogP contribution is 2.38. The molecule has 354 valence electrons. The first-order chi connectivity index (χ1) is 28.3. The Morgan fingerprint density at radius 3 is 1.40 bits per heavy atom. The molecule has 2 N–H and O–H groups in total. The molecule has 0 aromatic heterocycles. The molecule has 0 saturated carbocycles. The fourth-order valence-electron chi connectivity index (χ4n) is 4.00. The number of benzene rings is 2. The quantitative estimate of drug-likeness (QED) is 0.0789. The lowest BCUT2D eigenvalue weighted by molar-refractivity contribution is -0.387. The Hall–Kier alpha value is -1.83. The average Bonchev–Trinajstić information content (AvgIpc) is 3.12. The molecule has 2 aromatic rings. The molecular formula is C35H71B2FN7O10P7. The van der Waals surface area contributed by atoms with Crippen LogP contribution in [0.3, 0.4) is 0 Å². The van der Waals surface area contributed by atoms with Crippen molar-refractivity contribution in [3.63, 3.8) is 0 Å². The van der Waals surface area contributed by atoms with E-state index >= 15 is 0 Å². The number of amides is 2. The number of likely N-dealkylation sites (N-methyl/N-ethyl adjacent to an activating group) is 2. The fourth-order valence-corrected chi connectivity index (χ4v) is 4.00. The molecule has 0 aliphatic rings. The molecule has 7 unspecified atom stereocenters. The van der Waals surface area contributed by atoms with Gasteiger partial charge >= 0.3 is 17.9 Å². The van der Waals surface area contributed by atoms with Gasteiger partial charge in [-0.25, -0.2) is 9.59 Å². The van der Waals surface area contributed by atoms with Crippen LogP contribution in [-0.4, -0.2) is 124 Å². The summed E-state index contributed by atoms with van der Waals surface area (Å²) in [6.45, 7) is 15.0. The number of methoxy groups -OCH3 is 2. The second-order valence-corrected chi connectivity index (χ2v) is 25.6. The van der Waals surface area contributed by atoms with E-state index < -0.39 is 44.7 Å². The van der Waals surface area contributed by atoms with Gasteiger partial charge in [-0.1, -0.05) is 13.3 Å². The number of ether oxygens (including phenoxy) is 4. The van der Waals surface area contributed by atoms with Gasteiger partial charge in [-0.3, -0.25) is 30.9 Å². The smallest absolute Gasteiger partial charge is 0.412 e. The normalized spacial score (nSPS) is 10.6. The Kier molecular flexibility index (Phi) is 35.0. The number of halogens is 1. The Bertz CT molecular complexity index is 1660. The number of hydrogen-bond donors (Lipinski definition) is 2. The molecular weight excluding hydrogens is 936 g/mol. The molecule has 0 saturated heterocycles. The van der Waals surface area contributed by atoms with Gasteiger partial charge in [0.25, 0.3) is 5.69 Å². The van der Waals surface area contributed by atoms with E-state index in [1.165, 1.54) is 39.7 Å². The molecule has 2 amide bonds. The minimum absolute atomic E-state index is 0.0426. The Morgan fingerprint density at radius 1 is 0.742 bits per heavy atom. The number of unbranched alkanes of at least 4 members (excludes halogenated alkanes) is 1. The summed E-state index contributed by atoms with van der Waals surface area (Å²) in [5.74, 6) is 0.508. The third-order valence-corrected chi connectivity index (χ3v) is 11.7. The first kappa shape index (κ1) is 64.5. The number of nitro groups is 2. The van der Waals surface area contributed by atoms with E-state index in [1.54, 1.807) is 59.6 Å². The summed E-state index contributed by atoms with van der Waals surface area (Å²) < 4.78 is 33.8. The number of rotatable bonds is 14. The molecule has 27 heteroatoms. The monoisotopic (exact) mass is 1010 g/mol. The zero-order valence-corrected chi connectivity index (χ0v) is 46.6. The number of nitrogens with zero attached hydrogens (tertiary/aromatic N) is 5. The first-order valence-corrected chi connectivity index (χ1v) is 25.2. The topological polar surface area (TPSA) is 191 Å². The molecule has 0 radical (unpaired) electrons. The predicted molar refractivity (Wildman–Crippen MR) is 282 cm³/mol. The van der Waals surface area contributed by atoms with Gasteiger partial charge in [0.15, 0.2) is 0 Å².